The Morgan fingerprint density at radius 3 is 2.94 bits per heavy atom. The number of morpholine rings is 1. The molecule has 0 amide bonds. The molecule has 0 aliphatic carbocycles. The Morgan fingerprint density at radius 1 is 1.59 bits per heavy atom. The fourth-order valence-corrected chi connectivity index (χ4v) is 2.24. The van der Waals surface area contributed by atoms with Gasteiger partial charge in [0.05, 0.1) is 24.2 Å². The lowest BCUT2D eigenvalue weighted by atomic mass is 10.0. The van der Waals surface area contributed by atoms with Crippen molar-refractivity contribution in [3.8, 4) is 5.75 Å². The summed E-state index contributed by atoms with van der Waals surface area (Å²) in [6, 6.07) is 2.72. The van der Waals surface area contributed by atoms with E-state index < -0.39 is 4.92 Å². The smallest absolute Gasteiger partial charge is 0.312 e. The molecule has 1 saturated heterocycles. The summed E-state index contributed by atoms with van der Waals surface area (Å²) in [6.07, 6.45) is 0. The molecule has 2 rings (SSSR count). The molecule has 7 heteroatoms. The number of nitrogens with zero attached hydrogens (tertiary/aromatic N) is 1. The van der Waals surface area contributed by atoms with Crippen LogP contribution in [0.15, 0.2) is 16.6 Å². The second-order valence-electron chi connectivity index (χ2n) is 3.70. The number of ether oxygens (including phenoxy) is 1. The minimum absolute atomic E-state index is 0.222. The van der Waals surface area contributed by atoms with Crippen molar-refractivity contribution in [3.05, 3.63) is 32.3 Å². The van der Waals surface area contributed by atoms with E-state index in [2.05, 4.69) is 21.2 Å². The second kappa shape index (κ2) is 4.99. The summed E-state index contributed by atoms with van der Waals surface area (Å²) < 4.78 is 5.83. The average molecular weight is 303 g/mol. The van der Waals surface area contributed by atoms with Crippen LogP contribution in [0.2, 0.25) is 0 Å². The fraction of sp³-hybridized carbons (Fsp3) is 0.400. The highest BCUT2D eigenvalue weighted by Crippen LogP contribution is 2.37. The van der Waals surface area contributed by atoms with Crippen molar-refractivity contribution in [1.29, 1.82) is 0 Å². The highest BCUT2D eigenvalue weighted by molar-refractivity contribution is 9.10. The van der Waals surface area contributed by atoms with Gasteiger partial charge in [-0.25, -0.2) is 0 Å². The third kappa shape index (κ3) is 2.56. The van der Waals surface area contributed by atoms with Crippen molar-refractivity contribution in [1.82, 2.24) is 5.32 Å². The van der Waals surface area contributed by atoms with Crippen molar-refractivity contribution in [3.63, 3.8) is 0 Å². The maximum Gasteiger partial charge on any atom is 0.312 e. The van der Waals surface area contributed by atoms with Gasteiger partial charge in [0, 0.05) is 22.6 Å². The molecule has 92 valence electrons. The van der Waals surface area contributed by atoms with Gasteiger partial charge < -0.3 is 15.2 Å². The number of nitrogens with one attached hydrogen (secondary N) is 1. The van der Waals surface area contributed by atoms with Crippen LogP contribution in [0.1, 0.15) is 11.6 Å². The van der Waals surface area contributed by atoms with Gasteiger partial charge in [-0.2, -0.15) is 0 Å². The molecule has 17 heavy (non-hydrogen) atoms. The van der Waals surface area contributed by atoms with Crippen LogP contribution >= 0.6 is 15.9 Å². The highest BCUT2D eigenvalue weighted by atomic mass is 79.9. The van der Waals surface area contributed by atoms with E-state index in [1.807, 2.05) is 0 Å². The van der Waals surface area contributed by atoms with Gasteiger partial charge in [0.25, 0.3) is 0 Å². The number of hydrogen-bond acceptors (Lipinski definition) is 5. The predicted octanol–water partition coefficient (Wildman–Crippen LogP) is 1.72. The molecule has 0 saturated carbocycles. The summed E-state index contributed by atoms with van der Waals surface area (Å²) in [5.41, 5.74) is 0.174. The van der Waals surface area contributed by atoms with E-state index in [1.54, 1.807) is 6.07 Å². The van der Waals surface area contributed by atoms with Crippen LogP contribution in [-0.2, 0) is 4.74 Å². The molecule has 0 bridgehead atoms. The summed E-state index contributed by atoms with van der Waals surface area (Å²) in [6.45, 7) is 1.65. The average Bonchev–Trinajstić information content (AvgIpc) is 2.32. The zero-order valence-corrected chi connectivity index (χ0v) is 10.4. The first kappa shape index (κ1) is 12.3. The summed E-state index contributed by atoms with van der Waals surface area (Å²) in [4.78, 5) is 10.2. The van der Waals surface area contributed by atoms with Gasteiger partial charge in [-0.05, 0) is 6.07 Å². The van der Waals surface area contributed by atoms with Crippen molar-refractivity contribution < 1.29 is 14.8 Å². The Morgan fingerprint density at radius 2 is 2.35 bits per heavy atom. The summed E-state index contributed by atoms with van der Waals surface area (Å²) >= 11 is 3.20. The number of benzene rings is 1. The van der Waals surface area contributed by atoms with Crippen molar-refractivity contribution in [2.45, 2.75) is 6.04 Å². The Bertz CT molecular complexity index is 446. The van der Waals surface area contributed by atoms with Crippen LogP contribution in [0.3, 0.4) is 0 Å². The zero-order chi connectivity index (χ0) is 12.4. The van der Waals surface area contributed by atoms with E-state index in [0.717, 1.165) is 0 Å². The van der Waals surface area contributed by atoms with Gasteiger partial charge in [0.1, 0.15) is 0 Å². The van der Waals surface area contributed by atoms with Crippen LogP contribution in [-0.4, -0.2) is 29.8 Å². The third-order valence-corrected chi connectivity index (χ3v) is 3.04. The normalized spacial score (nSPS) is 20.2. The van der Waals surface area contributed by atoms with Gasteiger partial charge in [0.15, 0.2) is 5.75 Å². The number of rotatable bonds is 2. The molecule has 1 aliphatic rings. The molecule has 1 atom stereocenters. The molecule has 0 radical (unpaired) electrons. The Balaban J connectivity index is 2.41. The number of phenols is 1. The monoisotopic (exact) mass is 302 g/mol. The lowest BCUT2D eigenvalue weighted by Gasteiger charge is -2.24. The molecule has 6 nitrogen and oxygen atoms in total. The van der Waals surface area contributed by atoms with Crippen LogP contribution in [0, 0.1) is 10.1 Å². The summed E-state index contributed by atoms with van der Waals surface area (Å²) in [5, 5.41) is 23.8. The number of hydrogen-bond donors (Lipinski definition) is 2. The summed E-state index contributed by atoms with van der Waals surface area (Å²) in [5.74, 6) is -0.304. The molecule has 1 aromatic carbocycles. The molecule has 0 spiro atoms. The predicted molar refractivity (Wildman–Crippen MR) is 64.0 cm³/mol. The number of halogens is 1. The molecule has 1 fully saturated rings. The molecular formula is C10H11BrN2O4. The maximum atomic E-state index is 10.8. The lowest BCUT2D eigenvalue weighted by molar-refractivity contribution is -0.386. The highest BCUT2D eigenvalue weighted by Gasteiger charge is 2.25. The van der Waals surface area contributed by atoms with Crippen molar-refractivity contribution in [2.75, 3.05) is 19.8 Å². The molecule has 0 unspecified atom stereocenters. The fourth-order valence-electron chi connectivity index (χ4n) is 1.78. The molecule has 1 aliphatic heterocycles. The van der Waals surface area contributed by atoms with E-state index in [9.17, 15) is 15.2 Å². The molecule has 0 aromatic heterocycles. The topological polar surface area (TPSA) is 84.6 Å². The van der Waals surface area contributed by atoms with Gasteiger partial charge in [-0.1, -0.05) is 15.9 Å². The quantitative estimate of drug-likeness (QED) is 0.642. The zero-order valence-electron chi connectivity index (χ0n) is 8.85. The van der Waals surface area contributed by atoms with E-state index in [-0.39, 0.29) is 17.5 Å². The second-order valence-corrected chi connectivity index (χ2v) is 4.62. The summed E-state index contributed by atoms with van der Waals surface area (Å²) in [7, 11) is 0. The SMILES string of the molecule is O=[N+]([O-])c1cc(Br)cc([C@H]2COCCN2)c1O. The molecule has 1 aromatic rings. The number of phenolic OH excluding ortho intramolecular Hbond substituents is 1. The van der Waals surface area contributed by atoms with Gasteiger partial charge >= 0.3 is 5.69 Å². The number of aromatic hydroxyl groups is 1. The van der Waals surface area contributed by atoms with Crippen molar-refractivity contribution >= 4 is 21.6 Å². The maximum absolute atomic E-state index is 10.8. The third-order valence-electron chi connectivity index (χ3n) is 2.58. The first-order chi connectivity index (χ1) is 8.09. The molecule has 1 heterocycles. The van der Waals surface area contributed by atoms with Crippen LogP contribution in [0.4, 0.5) is 5.69 Å². The Labute approximate surface area is 106 Å². The Hall–Kier alpha value is -1.18. The minimum Gasteiger partial charge on any atom is -0.502 e. The van der Waals surface area contributed by atoms with Crippen LogP contribution < -0.4 is 5.32 Å². The van der Waals surface area contributed by atoms with E-state index in [1.165, 1.54) is 6.07 Å². The van der Waals surface area contributed by atoms with Crippen LogP contribution in [0.5, 0.6) is 5.75 Å². The van der Waals surface area contributed by atoms with Gasteiger partial charge in [-0.15, -0.1) is 0 Å². The van der Waals surface area contributed by atoms with Crippen molar-refractivity contribution in [2.24, 2.45) is 0 Å². The van der Waals surface area contributed by atoms with E-state index in [0.29, 0.717) is 29.8 Å². The lowest BCUT2D eigenvalue weighted by Crippen LogP contribution is -2.34. The minimum atomic E-state index is -0.604. The first-order valence-corrected chi connectivity index (χ1v) is 5.87. The number of nitro groups is 1. The first-order valence-electron chi connectivity index (χ1n) is 5.07. The number of nitro benzene ring substituents is 1. The van der Waals surface area contributed by atoms with Gasteiger partial charge in [0.2, 0.25) is 0 Å². The van der Waals surface area contributed by atoms with E-state index >= 15 is 0 Å². The van der Waals surface area contributed by atoms with Gasteiger partial charge in [-0.3, -0.25) is 10.1 Å². The van der Waals surface area contributed by atoms with E-state index in [4.69, 9.17) is 4.74 Å². The standard InChI is InChI=1S/C10H11BrN2O4/c11-6-3-7(8-5-17-2-1-12-8)10(14)9(4-6)13(15)16/h3-4,8,12,14H,1-2,5H2/t8-/m1/s1. The molecule has 2 N–H and O–H groups in total. The largest absolute Gasteiger partial charge is 0.502 e. The van der Waals surface area contributed by atoms with Crippen LogP contribution in [0.25, 0.3) is 0 Å². The Kier molecular flexibility index (Phi) is 3.60. The molecular weight excluding hydrogens is 292 g/mol.